The van der Waals surface area contributed by atoms with E-state index in [0.29, 0.717) is 45.6 Å². The number of benzene rings is 1. The highest BCUT2D eigenvalue weighted by molar-refractivity contribution is 6.35. The quantitative estimate of drug-likeness (QED) is 0.513. The summed E-state index contributed by atoms with van der Waals surface area (Å²) in [5.41, 5.74) is 3.01. The summed E-state index contributed by atoms with van der Waals surface area (Å²) in [5, 5.41) is 4.83. The van der Waals surface area contributed by atoms with Gasteiger partial charge in [-0.05, 0) is 43.9 Å². The zero-order valence-corrected chi connectivity index (χ0v) is 21.2. The van der Waals surface area contributed by atoms with Crippen molar-refractivity contribution in [3.8, 4) is 5.75 Å². The number of fused-ring (bicyclic) bond motifs is 1. The lowest BCUT2D eigenvalue weighted by atomic mass is 10.0. The molecule has 0 bridgehead atoms. The number of anilines is 2. The van der Waals surface area contributed by atoms with Crippen LogP contribution in [0, 0.1) is 0 Å². The van der Waals surface area contributed by atoms with Crippen molar-refractivity contribution in [3.63, 3.8) is 0 Å². The molecule has 190 valence electrons. The van der Waals surface area contributed by atoms with Gasteiger partial charge in [0.05, 0.1) is 42.1 Å². The van der Waals surface area contributed by atoms with E-state index in [-0.39, 0.29) is 5.91 Å². The third-order valence-electron chi connectivity index (χ3n) is 7.48. The Balaban J connectivity index is 1.17. The van der Waals surface area contributed by atoms with Crippen LogP contribution in [0.2, 0.25) is 5.02 Å². The molecule has 0 unspecified atom stereocenters. The second-order valence-electron chi connectivity index (χ2n) is 9.78. The molecule has 0 atom stereocenters. The van der Waals surface area contributed by atoms with Gasteiger partial charge in [0, 0.05) is 49.9 Å². The molecular formula is C26H31ClN6O3. The number of piperidine rings is 1. The number of morpholine rings is 1. The molecule has 3 aliphatic rings. The van der Waals surface area contributed by atoms with Gasteiger partial charge in [0.1, 0.15) is 11.4 Å². The second kappa shape index (κ2) is 9.88. The number of methoxy groups -OCH3 is 1. The normalized spacial score (nSPS) is 19.6. The molecule has 2 N–H and O–H groups in total. The van der Waals surface area contributed by atoms with E-state index < -0.39 is 0 Å². The van der Waals surface area contributed by atoms with E-state index in [2.05, 4.69) is 20.2 Å². The summed E-state index contributed by atoms with van der Waals surface area (Å²) in [5.74, 6) is 1.50. The van der Waals surface area contributed by atoms with E-state index in [4.69, 9.17) is 26.1 Å². The fourth-order valence-electron chi connectivity index (χ4n) is 5.34. The predicted octanol–water partition coefficient (Wildman–Crippen LogP) is 4.18. The predicted molar refractivity (Wildman–Crippen MR) is 138 cm³/mol. The first-order chi connectivity index (χ1) is 17.6. The van der Waals surface area contributed by atoms with E-state index in [0.717, 1.165) is 76.2 Å². The minimum absolute atomic E-state index is 0.0370. The molecule has 2 aliphatic heterocycles. The number of likely N-dealkylation sites (tertiary alicyclic amines) is 1. The van der Waals surface area contributed by atoms with Gasteiger partial charge in [-0.3, -0.25) is 9.69 Å². The molecular weight excluding hydrogens is 480 g/mol. The SMILES string of the molecule is COc1cc(C(=O)N2CCC(N3CCOCC3)CC2)ccc1Nc1nc(C2CC2)c2c(Cl)c[nH]c2n1. The number of H-pyrrole nitrogens is 1. The molecule has 4 heterocycles. The number of nitrogens with one attached hydrogen (secondary N) is 2. The molecule has 2 saturated heterocycles. The minimum Gasteiger partial charge on any atom is -0.495 e. The molecule has 1 saturated carbocycles. The third kappa shape index (κ3) is 4.63. The molecule has 3 fully saturated rings. The standard InChI is InChI=1S/C26H31ClN6O3/c1-35-21-14-17(25(34)33-8-6-18(7-9-33)32-10-12-36-13-11-32)4-5-20(21)29-26-30-23(16-2-3-16)22-19(27)15-28-24(22)31-26/h4-5,14-16,18H,2-3,6-13H2,1H3,(H2,28,29,30,31). The van der Waals surface area contributed by atoms with Crippen molar-refractivity contribution in [1.29, 1.82) is 0 Å². The van der Waals surface area contributed by atoms with Gasteiger partial charge in [-0.15, -0.1) is 0 Å². The molecule has 6 rings (SSSR count). The van der Waals surface area contributed by atoms with Crippen molar-refractivity contribution in [2.45, 2.75) is 37.6 Å². The van der Waals surface area contributed by atoms with Gasteiger partial charge in [-0.25, -0.2) is 4.98 Å². The van der Waals surface area contributed by atoms with Crippen molar-refractivity contribution in [1.82, 2.24) is 24.8 Å². The van der Waals surface area contributed by atoms with Crippen LogP contribution in [0.3, 0.4) is 0 Å². The smallest absolute Gasteiger partial charge is 0.253 e. The molecule has 1 aliphatic carbocycles. The van der Waals surface area contributed by atoms with Crippen molar-refractivity contribution in [2.75, 3.05) is 51.8 Å². The summed E-state index contributed by atoms with van der Waals surface area (Å²) >= 11 is 6.37. The molecule has 2 aromatic heterocycles. The number of carbonyl (C=O) groups excluding carboxylic acids is 1. The summed E-state index contributed by atoms with van der Waals surface area (Å²) < 4.78 is 11.1. The molecule has 1 amide bonds. The maximum atomic E-state index is 13.3. The van der Waals surface area contributed by atoms with E-state index in [1.165, 1.54) is 0 Å². The van der Waals surface area contributed by atoms with Crippen molar-refractivity contribution < 1.29 is 14.3 Å². The molecule has 0 spiro atoms. The Labute approximate surface area is 215 Å². The molecule has 1 aromatic carbocycles. The lowest BCUT2D eigenvalue weighted by Gasteiger charge is -2.40. The van der Waals surface area contributed by atoms with Crippen LogP contribution in [0.25, 0.3) is 11.0 Å². The number of aromatic nitrogens is 3. The number of ether oxygens (including phenoxy) is 2. The van der Waals surface area contributed by atoms with Crippen LogP contribution >= 0.6 is 11.6 Å². The van der Waals surface area contributed by atoms with Crippen LogP contribution in [0.4, 0.5) is 11.6 Å². The van der Waals surface area contributed by atoms with Crippen LogP contribution < -0.4 is 10.1 Å². The maximum absolute atomic E-state index is 13.3. The summed E-state index contributed by atoms with van der Waals surface area (Å²) in [6.07, 6.45) is 5.96. The van der Waals surface area contributed by atoms with Gasteiger partial charge in [0.25, 0.3) is 5.91 Å². The highest BCUT2D eigenvalue weighted by Crippen LogP contribution is 2.44. The van der Waals surface area contributed by atoms with Gasteiger partial charge < -0.3 is 24.7 Å². The van der Waals surface area contributed by atoms with Crippen LogP contribution in [0.15, 0.2) is 24.4 Å². The van der Waals surface area contributed by atoms with Gasteiger partial charge in [0.15, 0.2) is 0 Å². The summed E-state index contributed by atoms with van der Waals surface area (Å²) in [4.78, 5) is 30.2. The second-order valence-corrected chi connectivity index (χ2v) is 10.2. The van der Waals surface area contributed by atoms with Crippen molar-refractivity contribution >= 4 is 40.2 Å². The number of aromatic amines is 1. The largest absolute Gasteiger partial charge is 0.495 e. The number of nitrogens with zero attached hydrogens (tertiary/aromatic N) is 4. The highest BCUT2D eigenvalue weighted by Gasteiger charge is 2.30. The van der Waals surface area contributed by atoms with Crippen LogP contribution in [-0.4, -0.2) is 83.2 Å². The summed E-state index contributed by atoms with van der Waals surface area (Å²) in [6, 6.07) is 6.03. The fourth-order valence-corrected chi connectivity index (χ4v) is 5.58. The van der Waals surface area contributed by atoms with E-state index >= 15 is 0 Å². The third-order valence-corrected chi connectivity index (χ3v) is 7.78. The average Bonchev–Trinajstić information content (AvgIpc) is 3.71. The summed E-state index contributed by atoms with van der Waals surface area (Å²) in [7, 11) is 1.60. The minimum atomic E-state index is 0.0370. The number of amides is 1. The van der Waals surface area contributed by atoms with E-state index in [1.54, 1.807) is 19.4 Å². The molecule has 9 nitrogen and oxygen atoms in total. The Morgan fingerprint density at radius 3 is 2.64 bits per heavy atom. The zero-order valence-electron chi connectivity index (χ0n) is 20.4. The Morgan fingerprint density at radius 1 is 1.14 bits per heavy atom. The monoisotopic (exact) mass is 510 g/mol. The number of hydrogen-bond donors (Lipinski definition) is 2. The first kappa shape index (κ1) is 23.5. The molecule has 0 radical (unpaired) electrons. The van der Waals surface area contributed by atoms with E-state index in [1.807, 2.05) is 17.0 Å². The number of carbonyl (C=O) groups is 1. The number of halogens is 1. The number of hydrogen-bond acceptors (Lipinski definition) is 7. The Hall–Kier alpha value is -2.88. The van der Waals surface area contributed by atoms with Gasteiger partial charge in [-0.1, -0.05) is 11.6 Å². The molecule has 3 aromatic rings. The van der Waals surface area contributed by atoms with E-state index in [9.17, 15) is 4.79 Å². The molecule has 10 heteroatoms. The van der Waals surface area contributed by atoms with Gasteiger partial charge in [0.2, 0.25) is 5.95 Å². The summed E-state index contributed by atoms with van der Waals surface area (Å²) in [6.45, 7) is 5.11. The fraction of sp³-hybridized carbons (Fsp3) is 0.500. The lowest BCUT2D eigenvalue weighted by molar-refractivity contribution is 0.00159. The lowest BCUT2D eigenvalue weighted by Crippen LogP contribution is -2.50. The number of rotatable bonds is 6. The van der Waals surface area contributed by atoms with Crippen LogP contribution in [-0.2, 0) is 4.74 Å². The van der Waals surface area contributed by atoms with Gasteiger partial charge >= 0.3 is 0 Å². The van der Waals surface area contributed by atoms with Gasteiger partial charge in [-0.2, -0.15) is 4.98 Å². The Bertz CT molecular complexity index is 1260. The first-order valence-electron chi connectivity index (χ1n) is 12.7. The average molecular weight is 511 g/mol. The highest BCUT2D eigenvalue weighted by atomic mass is 35.5. The Kier molecular flexibility index (Phi) is 6.45. The maximum Gasteiger partial charge on any atom is 0.253 e. The van der Waals surface area contributed by atoms with Crippen LogP contribution in [0.5, 0.6) is 5.75 Å². The van der Waals surface area contributed by atoms with Crippen molar-refractivity contribution in [2.24, 2.45) is 0 Å². The topological polar surface area (TPSA) is 95.6 Å². The Morgan fingerprint density at radius 2 is 1.92 bits per heavy atom. The van der Waals surface area contributed by atoms with Crippen LogP contribution in [0.1, 0.15) is 47.7 Å². The zero-order chi connectivity index (χ0) is 24.6. The van der Waals surface area contributed by atoms with Crippen molar-refractivity contribution in [3.05, 3.63) is 40.7 Å². The molecule has 36 heavy (non-hydrogen) atoms. The first-order valence-corrected chi connectivity index (χ1v) is 13.1.